The molecule has 4 heteroatoms. The lowest BCUT2D eigenvalue weighted by Gasteiger charge is -2.21. The van der Waals surface area contributed by atoms with Crippen molar-refractivity contribution in [2.75, 3.05) is 13.7 Å². The molecule has 3 nitrogen and oxygen atoms in total. The van der Waals surface area contributed by atoms with Crippen LogP contribution in [0.5, 0.6) is 5.75 Å². The number of hydrogen-bond acceptors (Lipinski definition) is 3. The number of halogens is 1. The molecule has 0 saturated carbocycles. The van der Waals surface area contributed by atoms with Crippen molar-refractivity contribution < 1.29 is 18.7 Å². The molecule has 98 valence electrons. The molecular weight excluding hydrogens is 235 g/mol. The summed E-state index contributed by atoms with van der Waals surface area (Å²) in [5, 5.41) is 0. The van der Waals surface area contributed by atoms with Crippen molar-refractivity contribution in [3.63, 3.8) is 0 Å². The Labute approximate surface area is 106 Å². The van der Waals surface area contributed by atoms with Crippen molar-refractivity contribution in [2.24, 2.45) is 0 Å². The lowest BCUT2D eigenvalue weighted by molar-refractivity contribution is 0.0128. The van der Waals surface area contributed by atoms with Gasteiger partial charge in [-0.2, -0.15) is 0 Å². The first-order valence-electron chi connectivity index (χ1n) is 6.19. The number of benzene rings is 1. The minimum Gasteiger partial charge on any atom is -0.494 e. The second kappa shape index (κ2) is 5.96. The van der Waals surface area contributed by atoms with Crippen LogP contribution in [0.2, 0.25) is 0 Å². The summed E-state index contributed by atoms with van der Waals surface area (Å²) in [6, 6.07) is 4.61. The molecule has 2 rings (SSSR count). The fraction of sp³-hybridized carbons (Fsp3) is 0.500. The second-order valence-corrected chi connectivity index (χ2v) is 4.44. The van der Waals surface area contributed by atoms with Crippen LogP contribution in [-0.2, 0) is 4.74 Å². The summed E-state index contributed by atoms with van der Waals surface area (Å²) in [5.41, 5.74) is 0.0866. The largest absolute Gasteiger partial charge is 0.494 e. The molecule has 0 aliphatic carbocycles. The molecule has 1 saturated heterocycles. The van der Waals surface area contributed by atoms with Crippen LogP contribution in [0.15, 0.2) is 18.2 Å². The number of carbonyl (C=O) groups excluding carboxylic acids is 1. The third kappa shape index (κ3) is 2.88. The van der Waals surface area contributed by atoms with E-state index in [-0.39, 0.29) is 29.6 Å². The molecule has 1 aromatic rings. The Kier molecular flexibility index (Phi) is 4.31. The summed E-state index contributed by atoms with van der Waals surface area (Å²) in [6.07, 6.45) is 3.15. The summed E-state index contributed by atoms with van der Waals surface area (Å²) in [7, 11) is 1.39. The Morgan fingerprint density at radius 1 is 1.50 bits per heavy atom. The maximum absolute atomic E-state index is 13.9. The zero-order valence-electron chi connectivity index (χ0n) is 10.4. The third-order valence-corrected chi connectivity index (χ3v) is 3.17. The fourth-order valence-corrected chi connectivity index (χ4v) is 2.17. The molecule has 1 aliphatic heterocycles. The van der Waals surface area contributed by atoms with Gasteiger partial charge in [-0.1, -0.05) is 6.07 Å². The van der Waals surface area contributed by atoms with E-state index < -0.39 is 5.82 Å². The van der Waals surface area contributed by atoms with Crippen LogP contribution in [0, 0.1) is 5.82 Å². The molecule has 18 heavy (non-hydrogen) atoms. The second-order valence-electron chi connectivity index (χ2n) is 4.44. The molecule has 1 fully saturated rings. The zero-order chi connectivity index (χ0) is 13.0. The first-order valence-corrected chi connectivity index (χ1v) is 6.19. The van der Waals surface area contributed by atoms with Crippen LogP contribution in [0.4, 0.5) is 4.39 Å². The van der Waals surface area contributed by atoms with Crippen LogP contribution in [0.3, 0.4) is 0 Å². The molecule has 0 amide bonds. The van der Waals surface area contributed by atoms with Gasteiger partial charge in [0.25, 0.3) is 0 Å². The zero-order valence-corrected chi connectivity index (χ0v) is 10.4. The smallest absolute Gasteiger partial charge is 0.175 e. The molecule has 0 N–H and O–H groups in total. The lowest BCUT2D eigenvalue weighted by atomic mass is 9.99. The van der Waals surface area contributed by atoms with E-state index in [4.69, 9.17) is 9.47 Å². The van der Waals surface area contributed by atoms with E-state index in [9.17, 15) is 9.18 Å². The molecule has 1 aromatic carbocycles. The Hall–Kier alpha value is -1.42. The molecule has 1 atom stereocenters. The first-order chi connectivity index (χ1) is 8.72. The fourth-order valence-electron chi connectivity index (χ4n) is 2.17. The van der Waals surface area contributed by atoms with Gasteiger partial charge in [-0.25, -0.2) is 4.39 Å². The van der Waals surface area contributed by atoms with E-state index in [2.05, 4.69) is 0 Å². The summed E-state index contributed by atoms with van der Waals surface area (Å²) >= 11 is 0. The van der Waals surface area contributed by atoms with Gasteiger partial charge in [0.1, 0.15) is 0 Å². The summed E-state index contributed by atoms with van der Waals surface area (Å²) in [5.74, 6) is -0.704. The molecule has 1 aliphatic rings. The Balaban J connectivity index is 2.08. The average molecular weight is 252 g/mol. The minimum absolute atomic E-state index is 0.0724. The highest BCUT2D eigenvalue weighted by Crippen LogP contribution is 2.23. The van der Waals surface area contributed by atoms with Crippen molar-refractivity contribution in [1.29, 1.82) is 0 Å². The quantitative estimate of drug-likeness (QED) is 0.773. The number of rotatable bonds is 4. The molecule has 0 radical (unpaired) electrons. The monoisotopic (exact) mass is 252 g/mol. The molecule has 0 spiro atoms. The molecule has 1 heterocycles. The van der Waals surface area contributed by atoms with Gasteiger partial charge in [-0.15, -0.1) is 0 Å². The van der Waals surface area contributed by atoms with Gasteiger partial charge in [0.2, 0.25) is 0 Å². The van der Waals surface area contributed by atoms with Crippen molar-refractivity contribution in [1.82, 2.24) is 0 Å². The third-order valence-electron chi connectivity index (χ3n) is 3.17. The van der Waals surface area contributed by atoms with Gasteiger partial charge in [-0.3, -0.25) is 4.79 Å². The van der Waals surface area contributed by atoms with Gasteiger partial charge >= 0.3 is 0 Å². The van der Waals surface area contributed by atoms with Crippen LogP contribution in [-0.4, -0.2) is 25.6 Å². The SMILES string of the molecule is COc1cccc(C(=O)CC2CCCCO2)c1F. The van der Waals surface area contributed by atoms with Crippen LogP contribution < -0.4 is 4.74 Å². The topological polar surface area (TPSA) is 35.5 Å². The first kappa shape index (κ1) is 13.0. The number of hydrogen-bond donors (Lipinski definition) is 0. The van der Waals surface area contributed by atoms with Crippen molar-refractivity contribution >= 4 is 5.78 Å². The van der Waals surface area contributed by atoms with E-state index in [0.29, 0.717) is 6.61 Å². The number of methoxy groups -OCH3 is 1. The van der Waals surface area contributed by atoms with Gasteiger partial charge in [0, 0.05) is 13.0 Å². The van der Waals surface area contributed by atoms with Crippen LogP contribution in [0.1, 0.15) is 36.0 Å². The molecule has 1 unspecified atom stereocenters. The highest BCUT2D eigenvalue weighted by atomic mass is 19.1. The normalized spacial score (nSPS) is 19.6. The van der Waals surface area contributed by atoms with E-state index in [1.54, 1.807) is 6.07 Å². The minimum atomic E-state index is -0.583. The van der Waals surface area contributed by atoms with E-state index in [1.165, 1.54) is 19.2 Å². The van der Waals surface area contributed by atoms with Gasteiger partial charge in [0.15, 0.2) is 17.3 Å². The standard InChI is InChI=1S/C14H17FO3/c1-17-13-7-4-6-11(14(13)15)12(16)9-10-5-2-3-8-18-10/h4,6-7,10H,2-3,5,8-9H2,1H3. The van der Waals surface area contributed by atoms with Crippen molar-refractivity contribution in [3.05, 3.63) is 29.6 Å². The predicted octanol–water partition coefficient (Wildman–Crippen LogP) is 2.98. The molecule has 0 bridgehead atoms. The highest BCUT2D eigenvalue weighted by Gasteiger charge is 2.21. The van der Waals surface area contributed by atoms with Gasteiger partial charge in [-0.05, 0) is 31.4 Å². The number of Topliss-reactive ketones (excluding diaryl/α,β-unsaturated/α-hetero) is 1. The lowest BCUT2D eigenvalue weighted by Crippen LogP contribution is -2.22. The average Bonchev–Trinajstić information content (AvgIpc) is 2.40. The van der Waals surface area contributed by atoms with E-state index in [0.717, 1.165) is 19.3 Å². The number of carbonyl (C=O) groups is 1. The Bertz CT molecular complexity index is 425. The number of ketones is 1. The maximum atomic E-state index is 13.9. The van der Waals surface area contributed by atoms with Gasteiger partial charge < -0.3 is 9.47 Å². The Morgan fingerprint density at radius 2 is 2.33 bits per heavy atom. The maximum Gasteiger partial charge on any atom is 0.175 e. The summed E-state index contributed by atoms with van der Waals surface area (Å²) < 4.78 is 24.3. The van der Waals surface area contributed by atoms with E-state index >= 15 is 0 Å². The molecule has 0 aromatic heterocycles. The van der Waals surface area contributed by atoms with Gasteiger partial charge in [0.05, 0.1) is 18.8 Å². The number of ether oxygens (including phenoxy) is 2. The summed E-state index contributed by atoms with van der Waals surface area (Å²) in [6.45, 7) is 0.693. The Morgan fingerprint density at radius 3 is 3.00 bits per heavy atom. The van der Waals surface area contributed by atoms with Crippen molar-refractivity contribution in [2.45, 2.75) is 31.8 Å². The van der Waals surface area contributed by atoms with E-state index in [1.807, 2.05) is 0 Å². The highest BCUT2D eigenvalue weighted by molar-refractivity contribution is 5.97. The van der Waals surface area contributed by atoms with Crippen molar-refractivity contribution in [3.8, 4) is 5.75 Å². The predicted molar refractivity (Wildman–Crippen MR) is 65.5 cm³/mol. The summed E-state index contributed by atoms with van der Waals surface area (Å²) in [4.78, 5) is 12.0. The molecular formula is C14H17FO3. The van der Waals surface area contributed by atoms with Crippen LogP contribution in [0.25, 0.3) is 0 Å². The van der Waals surface area contributed by atoms with Crippen LogP contribution >= 0.6 is 0 Å².